The number of aromatic nitrogens is 2. The number of nitrogens with two attached hydrogens (primary N) is 1. The smallest absolute Gasteiger partial charge is 0.288 e. The van der Waals surface area contributed by atoms with Crippen molar-refractivity contribution in [1.82, 2.24) is 9.97 Å². The third-order valence-corrected chi connectivity index (χ3v) is 4.75. The lowest BCUT2D eigenvalue weighted by Gasteiger charge is -2.28. The minimum Gasteiger partial charge on any atom is -0.470 e. The fourth-order valence-corrected chi connectivity index (χ4v) is 3.36. The quantitative estimate of drug-likeness (QED) is 0.638. The number of carbonyl (C=O) groups excluding carboxylic acids is 1. The average Bonchev–Trinajstić information content (AvgIpc) is 2.72. The van der Waals surface area contributed by atoms with Crippen LogP contribution in [0.25, 0.3) is 0 Å². The zero-order valence-corrected chi connectivity index (χ0v) is 17.8. The molecule has 1 aromatic carbocycles. The summed E-state index contributed by atoms with van der Waals surface area (Å²) < 4.78 is 47.5. The van der Waals surface area contributed by atoms with Gasteiger partial charge in [0.25, 0.3) is 18.4 Å². The number of rotatable bonds is 7. The van der Waals surface area contributed by atoms with Gasteiger partial charge in [0, 0.05) is 16.3 Å². The summed E-state index contributed by atoms with van der Waals surface area (Å²) in [6.45, 7) is 1.45. The maximum absolute atomic E-state index is 13.2. The number of amides is 1. The molecule has 0 bridgehead atoms. The van der Waals surface area contributed by atoms with Crippen molar-refractivity contribution < 1.29 is 27.4 Å². The van der Waals surface area contributed by atoms with Gasteiger partial charge in [0.05, 0.1) is 11.9 Å². The van der Waals surface area contributed by atoms with Crippen LogP contribution in [0.5, 0.6) is 5.88 Å². The van der Waals surface area contributed by atoms with E-state index in [1.54, 1.807) is 25.1 Å². The van der Waals surface area contributed by atoms with Crippen LogP contribution in [0.4, 0.5) is 18.9 Å². The lowest BCUT2D eigenvalue weighted by atomic mass is 9.90. The number of carbonyl (C=O) groups is 1. The number of alkyl halides is 3. The van der Waals surface area contributed by atoms with E-state index in [-0.39, 0.29) is 29.0 Å². The van der Waals surface area contributed by atoms with E-state index in [9.17, 15) is 18.0 Å². The maximum Gasteiger partial charge on any atom is 0.288 e. The first kappa shape index (κ1) is 23.3. The number of hydrogen-bond donors (Lipinski definition) is 2. The van der Waals surface area contributed by atoms with Crippen LogP contribution in [0.1, 0.15) is 28.7 Å². The highest BCUT2D eigenvalue weighted by Gasteiger charge is 2.32. The molecule has 8 nitrogen and oxygen atoms in total. The van der Waals surface area contributed by atoms with Crippen LogP contribution in [0.3, 0.4) is 0 Å². The first-order chi connectivity index (χ1) is 15.1. The number of amidine groups is 1. The van der Waals surface area contributed by atoms with Crippen LogP contribution < -0.4 is 15.8 Å². The first-order valence-electron chi connectivity index (χ1n) is 9.28. The van der Waals surface area contributed by atoms with Crippen molar-refractivity contribution >= 4 is 29.2 Å². The summed E-state index contributed by atoms with van der Waals surface area (Å²) in [6, 6.07) is 4.45. The molecule has 2 heterocycles. The molecule has 0 aliphatic carbocycles. The maximum atomic E-state index is 13.2. The molecule has 0 radical (unpaired) electrons. The number of hydrogen-bond acceptors (Lipinski definition) is 7. The lowest BCUT2D eigenvalue weighted by Crippen LogP contribution is -2.30. The Kier molecular flexibility index (Phi) is 6.87. The Bertz CT molecular complexity index is 1100. The zero-order valence-electron chi connectivity index (χ0n) is 17.0. The average molecular weight is 470 g/mol. The van der Waals surface area contributed by atoms with Crippen molar-refractivity contribution in [2.45, 2.75) is 25.8 Å². The Balaban J connectivity index is 1.84. The molecule has 12 heteroatoms. The highest BCUT2D eigenvalue weighted by atomic mass is 35.5. The summed E-state index contributed by atoms with van der Waals surface area (Å²) in [5.41, 5.74) is 5.51. The number of halogens is 4. The monoisotopic (exact) mass is 469 g/mol. The molecule has 170 valence electrons. The van der Waals surface area contributed by atoms with E-state index in [2.05, 4.69) is 20.3 Å². The van der Waals surface area contributed by atoms with E-state index in [1.807, 2.05) is 0 Å². The molecule has 1 aliphatic heterocycles. The second kappa shape index (κ2) is 9.43. The van der Waals surface area contributed by atoms with Gasteiger partial charge in [-0.15, -0.1) is 0 Å². The topological polar surface area (TPSA) is 112 Å². The van der Waals surface area contributed by atoms with Crippen LogP contribution in [-0.4, -0.2) is 41.6 Å². The Hall–Kier alpha value is -3.34. The van der Waals surface area contributed by atoms with Crippen LogP contribution >= 0.6 is 11.6 Å². The largest absolute Gasteiger partial charge is 0.470 e. The Morgan fingerprint density at radius 1 is 1.41 bits per heavy atom. The zero-order chi connectivity index (χ0) is 23.5. The van der Waals surface area contributed by atoms with E-state index in [4.69, 9.17) is 26.8 Å². The molecule has 0 saturated heterocycles. The van der Waals surface area contributed by atoms with Crippen molar-refractivity contribution in [3.63, 3.8) is 0 Å². The van der Waals surface area contributed by atoms with Gasteiger partial charge in [0.1, 0.15) is 23.7 Å². The highest BCUT2D eigenvalue weighted by Crippen LogP contribution is 2.37. The summed E-state index contributed by atoms with van der Waals surface area (Å²) in [6.07, 6.45) is -0.127. The fraction of sp³-hybridized carbons (Fsp3) is 0.300. The Labute approximate surface area is 186 Å². The number of ether oxygens (including phenoxy) is 2. The third-order valence-electron chi connectivity index (χ3n) is 4.42. The van der Waals surface area contributed by atoms with Gasteiger partial charge in [-0.2, -0.15) is 0 Å². The predicted molar refractivity (Wildman–Crippen MR) is 112 cm³/mol. The molecule has 1 atom stereocenters. The van der Waals surface area contributed by atoms with Crippen LogP contribution in [-0.2, 0) is 10.3 Å². The summed E-state index contributed by atoms with van der Waals surface area (Å²) in [5.74, 6) is -0.721. The summed E-state index contributed by atoms with van der Waals surface area (Å²) >= 11 is 6.33. The van der Waals surface area contributed by atoms with Gasteiger partial charge in [-0.3, -0.25) is 4.79 Å². The number of aliphatic imine (C=N–C) groups is 1. The van der Waals surface area contributed by atoms with Crippen molar-refractivity contribution in [2.24, 2.45) is 10.7 Å². The molecular weight excluding hydrogens is 451 g/mol. The van der Waals surface area contributed by atoms with E-state index >= 15 is 0 Å². The number of nitrogens with one attached hydrogen (secondary N) is 1. The van der Waals surface area contributed by atoms with Gasteiger partial charge < -0.3 is 20.5 Å². The highest BCUT2D eigenvalue weighted by molar-refractivity contribution is 6.31. The minimum atomic E-state index is -2.66. The van der Waals surface area contributed by atoms with Crippen molar-refractivity contribution in [2.75, 3.05) is 18.6 Å². The Morgan fingerprint density at radius 2 is 2.16 bits per heavy atom. The summed E-state index contributed by atoms with van der Waals surface area (Å²) in [4.78, 5) is 24.8. The molecule has 0 saturated carbocycles. The van der Waals surface area contributed by atoms with Crippen molar-refractivity contribution in [3.05, 3.63) is 58.2 Å². The van der Waals surface area contributed by atoms with Crippen molar-refractivity contribution in [3.8, 4) is 5.88 Å². The fourth-order valence-electron chi connectivity index (χ4n) is 3.05. The molecule has 1 aromatic heterocycles. The van der Waals surface area contributed by atoms with Gasteiger partial charge >= 0.3 is 0 Å². The van der Waals surface area contributed by atoms with Gasteiger partial charge in [0.2, 0.25) is 5.88 Å². The molecule has 1 aliphatic rings. The molecule has 32 heavy (non-hydrogen) atoms. The predicted octanol–water partition coefficient (Wildman–Crippen LogP) is 3.75. The normalized spacial score (nSPS) is 18.0. The second-order valence-electron chi connectivity index (χ2n) is 6.94. The van der Waals surface area contributed by atoms with Crippen LogP contribution in [0.15, 0.2) is 41.2 Å². The molecule has 1 amide bonds. The first-order valence-corrected chi connectivity index (χ1v) is 9.66. The molecule has 0 spiro atoms. The molecule has 3 N–H and O–H groups in total. The van der Waals surface area contributed by atoms with E-state index in [1.165, 1.54) is 13.0 Å². The van der Waals surface area contributed by atoms with Crippen LogP contribution in [0, 0.1) is 6.92 Å². The summed E-state index contributed by atoms with van der Waals surface area (Å²) in [7, 11) is 0. The number of allylic oxidation sites excluding steroid dienone is 1. The Morgan fingerprint density at radius 3 is 2.81 bits per heavy atom. The lowest BCUT2D eigenvalue weighted by molar-refractivity contribution is 0.0791. The molecule has 0 fully saturated rings. The molecule has 3 rings (SSSR count). The van der Waals surface area contributed by atoms with Gasteiger partial charge in [-0.25, -0.2) is 28.1 Å². The minimum absolute atomic E-state index is 0.00875. The number of anilines is 1. The van der Waals surface area contributed by atoms with Gasteiger partial charge in [-0.1, -0.05) is 11.6 Å². The summed E-state index contributed by atoms with van der Waals surface area (Å²) in [5, 5.41) is 2.98. The van der Waals surface area contributed by atoms with E-state index < -0.39 is 31.2 Å². The number of benzene rings is 1. The molecular formula is C20H19ClF3N5O3. The van der Waals surface area contributed by atoms with Crippen LogP contribution in [0.2, 0.25) is 5.02 Å². The number of aryl methyl sites for hydroxylation is 1. The number of nitrogens with zero attached hydrogens (tertiary/aromatic N) is 3. The van der Waals surface area contributed by atoms with Crippen molar-refractivity contribution in [1.29, 1.82) is 0 Å². The standard InChI is InChI=1S/C20H19ClF3N5O3/c1-10-17(26-8-16(27-10)31-9-15(23)24)18(30)28-11-3-4-14(21)13(5-11)20(2)6-12(7-22)32-19(25)29-20/h3-6,8,15H,7,9H2,1-2H3,(H2,25,29)(H,28,30)/t20-/m0/s1. The van der Waals surface area contributed by atoms with E-state index in [0.29, 0.717) is 16.3 Å². The third kappa shape index (κ3) is 5.28. The molecule has 0 unspecified atom stereocenters. The van der Waals surface area contributed by atoms with Gasteiger partial charge in [-0.05, 0) is 38.1 Å². The SMILES string of the molecule is Cc1nc(OCC(F)F)cnc1C(=O)Nc1ccc(Cl)c([C@]2(C)C=C(CF)OC(N)=N2)c1. The van der Waals surface area contributed by atoms with Gasteiger partial charge in [0.15, 0.2) is 6.61 Å². The van der Waals surface area contributed by atoms with E-state index in [0.717, 1.165) is 6.20 Å². The molecule has 2 aromatic rings. The second-order valence-corrected chi connectivity index (χ2v) is 7.34.